The Kier molecular flexibility index (Phi) is 4.59. The van der Waals surface area contributed by atoms with E-state index in [9.17, 15) is 4.79 Å². The fourth-order valence-corrected chi connectivity index (χ4v) is 2.68. The first kappa shape index (κ1) is 13.8. The van der Waals surface area contributed by atoms with Crippen LogP contribution in [0.5, 0.6) is 0 Å². The number of nitrogens with one attached hydrogen (secondary N) is 1. The van der Waals surface area contributed by atoms with Gasteiger partial charge >= 0.3 is 0 Å². The Morgan fingerprint density at radius 2 is 2.22 bits per heavy atom. The molecule has 2 unspecified atom stereocenters. The van der Waals surface area contributed by atoms with E-state index in [4.69, 9.17) is 15.2 Å². The van der Waals surface area contributed by atoms with Crippen LogP contribution in [-0.2, 0) is 14.3 Å². The second kappa shape index (κ2) is 5.99. The molecule has 0 aromatic heterocycles. The summed E-state index contributed by atoms with van der Waals surface area (Å²) >= 11 is 0. The normalized spacial score (nSPS) is 27.6. The number of nitrogens with two attached hydrogens (primary N) is 1. The van der Waals surface area contributed by atoms with Gasteiger partial charge in [0.2, 0.25) is 5.91 Å². The Morgan fingerprint density at radius 1 is 1.50 bits per heavy atom. The van der Waals surface area contributed by atoms with Gasteiger partial charge in [0.25, 0.3) is 0 Å². The molecule has 1 aliphatic heterocycles. The van der Waals surface area contributed by atoms with Crippen LogP contribution in [0.3, 0.4) is 0 Å². The minimum atomic E-state index is -0.405. The van der Waals surface area contributed by atoms with Crippen molar-refractivity contribution in [3.8, 4) is 0 Å². The summed E-state index contributed by atoms with van der Waals surface area (Å²) < 4.78 is 11.7. The van der Waals surface area contributed by atoms with Crippen molar-refractivity contribution in [1.29, 1.82) is 0 Å². The Hall–Kier alpha value is -0.650. The fraction of sp³-hybridized carbons (Fsp3) is 0.923. The van der Waals surface area contributed by atoms with E-state index in [1.54, 1.807) is 0 Å². The van der Waals surface area contributed by atoms with Crippen molar-refractivity contribution in [3.63, 3.8) is 0 Å². The van der Waals surface area contributed by atoms with Gasteiger partial charge in [-0.15, -0.1) is 0 Å². The topological polar surface area (TPSA) is 73.6 Å². The standard InChI is InChI=1S/C13H24N2O3/c1-2-5-11(14)12(16)15-8-10-9-17-13(18-10)6-3-4-7-13/h10-11H,2-9,14H2,1H3,(H,15,16). The van der Waals surface area contributed by atoms with Crippen molar-refractivity contribution < 1.29 is 14.3 Å². The Bertz CT molecular complexity index is 290. The molecule has 2 fully saturated rings. The van der Waals surface area contributed by atoms with Gasteiger partial charge < -0.3 is 20.5 Å². The van der Waals surface area contributed by atoms with Crippen molar-refractivity contribution in [2.75, 3.05) is 13.2 Å². The number of hydrogen-bond donors (Lipinski definition) is 2. The molecule has 104 valence electrons. The number of carbonyl (C=O) groups is 1. The molecule has 2 aliphatic rings. The van der Waals surface area contributed by atoms with Crippen LogP contribution in [0.25, 0.3) is 0 Å². The molecule has 18 heavy (non-hydrogen) atoms. The Morgan fingerprint density at radius 3 is 2.89 bits per heavy atom. The molecule has 1 spiro atoms. The highest BCUT2D eigenvalue weighted by Crippen LogP contribution is 2.38. The van der Waals surface area contributed by atoms with E-state index in [0.717, 1.165) is 25.7 Å². The summed E-state index contributed by atoms with van der Waals surface area (Å²) in [6.45, 7) is 3.09. The second-order valence-corrected chi connectivity index (χ2v) is 5.31. The van der Waals surface area contributed by atoms with Gasteiger partial charge in [0.15, 0.2) is 5.79 Å². The molecule has 3 N–H and O–H groups in total. The van der Waals surface area contributed by atoms with E-state index in [-0.39, 0.29) is 17.8 Å². The van der Waals surface area contributed by atoms with Gasteiger partial charge in [-0.3, -0.25) is 4.79 Å². The predicted octanol–water partition coefficient (Wildman–Crippen LogP) is 0.916. The molecule has 5 nitrogen and oxygen atoms in total. The Balaban J connectivity index is 1.70. The van der Waals surface area contributed by atoms with Crippen LogP contribution in [0.2, 0.25) is 0 Å². The minimum Gasteiger partial charge on any atom is -0.352 e. The molecule has 0 radical (unpaired) electrons. The summed E-state index contributed by atoms with van der Waals surface area (Å²) in [5, 5.41) is 2.85. The summed E-state index contributed by atoms with van der Waals surface area (Å²) in [5.74, 6) is -0.436. The van der Waals surface area contributed by atoms with Crippen LogP contribution in [0.4, 0.5) is 0 Å². The van der Waals surface area contributed by atoms with Crippen molar-refractivity contribution in [2.24, 2.45) is 5.73 Å². The van der Waals surface area contributed by atoms with Crippen molar-refractivity contribution >= 4 is 5.91 Å². The number of rotatable bonds is 5. The highest BCUT2D eigenvalue weighted by atomic mass is 16.7. The predicted molar refractivity (Wildman–Crippen MR) is 67.9 cm³/mol. The van der Waals surface area contributed by atoms with Crippen molar-refractivity contribution in [2.45, 2.75) is 63.4 Å². The average molecular weight is 256 g/mol. The van der Waals surface area contributed by atoms with Crippen LogP contribution in [0.1, 0.15) is 45.4 Å². The minimum absolute atomic E-state index is 0.0270. The number of amides is 1. The molecule has 1 saturated carbocycles. The van der Waals surface area contributed by atoms with E-state index in [1.807, 2.05) is 6.92 Å². The molecule has 0 bridgehead atoms. The summed E-state index contributed by atoms with van der Waals surface area (Å²) in [6, 6.07) is -0.405. The SMILES string of the molecule is CCCC(N)C(=O)NCC1COC2(CCCC2)O1. The molecule has 0 aromatic carbocycles. The van der Waals surface area contributed by atoms with Crippen LogP contribution >= 0.6 is 0 Å². The summed E-state index contributed by atoms with van der Waals surface area (Å²) in [5.41, 5.74) is 5.74. The molecule has 0 aromatic rings. The maximum absolute atomic E-state index is 11.7. The fourth-order valence-electron chi connectivity index (χ4n) is 2.68. The molecule has 1 aliphatic carbocycles. The summed E-state index contributed by atoms with van der Waals surface area (Å²) in [6.07, 6.45) is 5.90. The summed E-state index contributed by atoms with van der Waals surface area (Å²) in [4.78, 5) is 11.7. The van der Waals surface area contributed by atoms with Gasteiger partial charge in [-0.2, -0.15) is 0 Å². The molecular formula is C13H24N2O3. The molecular weight excluding hydrogens is 232 g/mol. The number of hydrogen-bond acceptors (Lipinski definition) is 4. The largest absolute Gasteiger partial charge is 0.352 e. The highest BCUT2D eigenvalue weighted by molar-refractivity contribution is 5.81. The molecule has 2 rings (SSSR count). The average Bonchev–Trinajstić information content (AvgIpc) is 2.98. The van der Waals surface area contributed by atoms with Gasteiger partial charge in [-0.25, -0.2) is 0 Å². The molecule has 1 saturated heterocycles. The van der Waals surface area contributed by atoms with Gasteiger partial charge in [-0.05, 0) is 19.3 Å². The summed E-state index contributed by atoms with van der Waals surface area (Å²) in [7, 11) is 0. The lowest BCUT2D eigenvalue weighted by atomic mass is 10.1. The first-order chi connectivity index (χ1) is 8.65. The zero-order valence-electron chi connectivity index (χ0n) is 11.1. The zero-order chi connectivity index (χ0) is 13.0. The van der Waals surface area contributed by atoms with Gasteiger partial charge in [0.1, 0.15) is 6.10 Å². The number of carbonyl (C=O) groups excluding carboxylic acids is 1. The molecule has 2 atom stereocenters. The maximum atomic E-state index is 11.7. The Labute approximate surface area is 108 Å². The van der Waals surface area contributed by atoms with E-state index in [1.165, 1.54) is 12.8 Å². The lowest BCUT2D eigenvalue weighted by molar-refractivity contribution is -0.161. The van der Waals surface area contributed by atoms with Crippen LogP contribution < -0.4 is 11.1 Å². The lowest BCUT2D eigenvalue weighted by Gasteiger charge is -2.22. The van der Waals surface area contributed by atoms with E-state index in [2.05, 4.69) is 5.32 Å². The maximum Gasteiger partial charge on any atom is 0.237 e. The third kappa shape index (κ3) is 3.22. The van der Waals surface area contributed by atoms with Gasteiger partial charge in [0, 0.05) is 19.4 Å². The van der Waals surface area contributed by atoms with Gasteiger partial charge in [0.05, 0.1) is 12.6 Å². The number of ether oxygens (including phenoxy) is 2. The van der Waals surface area contributed by atoms with Crippen molar-refractivity contribution in [3.05, 3.63) is 0 Å². The monoisotopic (exact) mass is 256 g/mol. The van der Waals surface area contributed by atoms with E-state index in [0.29, 0.717) is 13.2 Å². The third-order valence-corrected chi connectivity index (χ3v) is 3.72. The first-order valence-electron chi connectivity index (χ1n) is 7.00. The first-order valence-corrected chi connectivity index (χ1v) is 7.00. The van der Waals surface area contributed by atoms with Crippen LogP contribution in [0.15, 0.2) is 0 Å². The van der Waals surface area contributed by atoms with E-state index >= 15 is 0 Å². The van der Waals surface area contributed by atoms with Crippen molar-refractivity contribution in [1.82, 2.24) is 5.32 Å². The van der Waals surface area contributed by atoms with Crippen LogP contribution in [0, 0.1) is 0 Å². The van der Waals surface area contributed by atoms with Crippen LogP contribution in [-0.4, -0.2) is 37.0 Å². The molecule has 1 amide bonds. The zero-order valence-corrected chi connectivity index (χ0v) is 11.1. The van der Waals surface area contributed by atoms with Gasteiger partial charge in [-0.1, -0.05) is 13.3 Å². The highest BCUT2D eigenvalue weighted by Gasteiger charge is 2.43. The smallest absolute Gasteiger partial charge is 0.237 e. The quantitative estimate of drug-likeness (QED) is 0.767. The molecule has 1 heterocycles. The second-order valence-electron chi connectivity index (χ2n) is 5.31. The molecule has 5 heteroatoms. The lowest BCUT2D eigenvalue weighted by Crippen LogP contribution is -2.44. The van der Waals surface area contributed by atoms with E-state index < -0.39 is 6.04 Å². The third-order valence-electron chi connectivity index (χ3n) is 3.72.